The van der Waals surface area contributed by atoms with Crippen molar-refractivity contribution in [1.29, 1.82) is 0 Å². The average Bonchev–Trinajstić information content (AvgIpc) is 3.68. The standard InChI is InChI=1S/C44H26O2/c1-2-10-34-27(8-1)16-17-28-9-7-13-35(44(28)34)33-23-31(29-18-20-42-38(25-29)36-11-3-5-14-40(36)45-42)22-32(24-33)30-19-21-43-39(26-30)37-12-4-6-15-41(37)46-43/h1-26H. The van der Waals surface area contributed by atoms with Crippen LogP contribution in [0.2, 0.25) is 0 Å². The highest BCUT2D eigenvalue weighted by atomic mass is 16.3. The van der Waals surface area contributed by atoms with Gasteiger partial charge in [-0.1, -0.05) is 103 Å². The maximum atomic E-state index is 6.18. The number of hydrogen-bond acceptors (Lipinski definition) is 2. The second-order valence-electron chi connectivity index (χ2n) is 12.1. The molecule has 10 aromatic rings. The summed E-state index contributed by atoms with van der Waals surface area (Å²) in [5, 5.41) is 9.54. The molecule has 0 N–H and O–H groups in total. The normalized spacial score (nSPS) is 11.9. The van der Waals surface area contributed by atoms with Gasteiger partial charge in [0.05, 0.1) is 0 Å². The highest BCUT2D eigenvalue weighted by molar-refractivity contribution is 6.15. The van der Waals surface area contributed by atoms with Crippen molar-refractivity contribution in [1.82, 2.24) is 0 Å². The van der Waals surface area contributed by atoms with Gasteiger partial charge in [0.15, 0.2) is 0 Å². The van der Waals surface area contributed by atoms with E-state index in [1.54, 1.807) is 0 Å². The van der Waals surface area contributed by atoms with E-state index in [4.69, 9.17) is 8.83 Å². The van der Waals surface area contributed by atoms with E-state index < -0.39 is 0 Å². The molecule has 0 unspecified atom stereocenters. The summed E-state index contributed by atoms with van der Waals surface area (Å²) < 4.78 is 12.4. The van der Waals surface area contributed by atoms with Crippen molar-refractivity contribution in [2.75, 3.05) is 0 Å². The lowest BCUT2D eigenvalue weighted by molar-refractivity contribution is 0.668. The van der Waals surface area contributed by atoms with Gasteiger partial charge in [-0.15, -0.1) is 0 Å². The van der Waals surface area contributed by atoms with Crippen molar-refractivity contribution in [2.24, 2.45) is 0 Å². The second kappa shape index (κ2) is 9.69. The first-order valence-electron chi connectivity index (χ1n) is 15.7. The molecule has 0 spiro atoms. The Morgan fingerprint density at radius 3 is 1.43 bits per heavy atom. The van der Waals surface area contributed by atoms with E-state index in [-0.39, 0.29) is 0 Å². The molecule has 214 valence electrons. The van der Waals surface area contributed by atoms with Crippen LogP contribution in [0.3, 0.4) is 0 Å². The first kappa shape index (κ1) is 25.2. The Labute approximate surface area is 264 Å². The number of hydrogen-bond donors (Lipinski definition) is 0. The fourth-order valence-electron chi connectivity index (χ4n) is 7.23. The third-order valence-corrected chi connectivity index (χ3v) is 9.43. The van der Waals surface area contributed by atoms with Gasteiger partial charge in [0.25, 0.3) is 0 Å². The van der Waals surface area contributed by atoms with Gasteiger partial charge in [0, 0.05) is 21.5 Å². The summed E-state index contributed by atoms with van der Waals surface area (Å²) in [5.41, 5.74) is 10.7. The van der Waals surface area contributed by atoms with Crippen LogP contribution in [0.1, 0.15) is 0 Å². The number of benzene rings is 8. The van der Waals surface area contributed by atoms with Crippen molar-refractivity contribution < 1.29 is 8.83 Å². The molecule has 0 bridgehead atoms. The zero-order chi connectivity index (χ0) is 30.2. The second-order valence-corrected chi connectivity index (χ2v) is 12.1. The van der Waals surface area contributed by atoms with Crippen molar-refractivity contribution in [2.45, 2.75) is 0 Å². The van der Waals surface area contributed by atoms with Crippen molar-refractivity contribution in [3.05, 3.63) is 158 Å². The summed E-state index contributed by atoms with van der Waals surface area (Å²) in [6.45, 7) is 0. The highest BCUT2D eigenvalue weighted by Gasteiger charge is 2.15. The van der Waals surface area contributed by atoms with E-state index in [0.717, 1.165) is 66.1 Å². The molecule has 0 aliphatic carbocycles. The van der Waals surface area contributed by atoms with Crippen LogP contribution in [0, 0.1) is 0 Å². The lowest BCUT2D eigenvalue weighted by atomic mass is 9.89. The maximum Gasteiger partial charge on any atom is 0.135 e. The van der Waals surface area contributed by atoms with Crippen LogP contribution in [-0.4, -0.2) is 0 Å². The van der Waals surface area contributed by atoms with E-state index in [1.165, 1.54) is 32.7 Å². The highest BCUT2D eigenvalue weighted by Crippen LogP contribution is 2.41. The molecule has 10 rings (SSSR count). The Morgan fingerprint density at radius 2 is 0.783 bits per heavy atom. The zero-order valence-electron chi connectivity index (χ0n) is 24.8. The summed E-state index contributed by atoms with van der Waals surface area (Å²) in [7, 11) is 0. The minimum absolute atomic E-state index is 0.902. The molecule has 0 radical (unpaired) electrons. The van der Waals surface area contributed by atoms with Gasteiger partial charge in [-0.2, -0.15) is 0 Å². The monoisotopic (exact) mass is 586 g/mol. The van der Waals surface area contributed by atoms with Crippen LogP contribution in [0.5, 0.6) is 0 Å². The van der Waals surface area contributed by atoms with E-state index in [9.17, 15) is 0 Å². The SMILES string of the molecule is c1ccc2c(c1)ccc1cccc(-c3cc(-c4ccc5oc6ccccc6c5c4)cc(-c4ccc5oc6ccccc6c5c4)c3)c12. The van der Waals surface area contributed by atoms with Gasteiger partial charge in [-0.05, 0) is 110 Å². The Kier molecular flexibility index (Phi) is 5.31. The molecule has 46 heavy (non-hydrogen) atoms. The molecule has 0 aliphatic rings. The molecule has 2 heteroatoms. The molecule has 2 heterocycles. The molecule has 2 aromatic heterocycles. The van der Waals surface area contributed by atoms with Crippen LogP contribution >= 0.6 is 0 Å². The van der Waals surface area contributed by atoms with Gasteiger partial charge >= 0.3 is 0 Å². The molecule has 0 fully saturated rings. The summed E-state index contributed by atoms with van der Waals surface area (Å²) in [4.78, 5) is 0. The number of rotatable bonds is 3. The fraction of sp³-hybridized carbons (Fsp3) is 0. The van der Waals surface area contributed by atoms with Gasteiger partial charge in [0.1, 0.15) is 22.3 Å². The van der Waals surface area contributed by atoms with Crippen LogP contribution < -0.4 is 0 Å². The Hall–Kier alpha value is -6.12. The molecule has 2 nitrogen and oxygen atoms in total. The first-order chi connectivity index (χ1) is 22.8. The molecular weight excluding hydrogens is 560 g/mol. The Bertz CT molecular complexity index is 2680. The zero-order valence-corrected chi connectivity index (χ0v) is 24.8. The summed E-state index contributed by atoms with van der Waals surface area (Å²) in [6, 6.07) is 56.4. The smallest absolute Gasteiger partial charge is 0.135 e. The first-order valence-corrected chi connectivity index (χ1v) is 15.7. The minimum atomic E-state index is 0.902. The molecule has 0 amide bonds. The lowest BCUT2D eigenvalue weighted by Crippen LogP contribution is -1.88. The molecule has 0 aliphatic heterocycles. The van der Waals surface area contributed by atoms with Gasteiger partial charge in [-0.3, -0.25) is 0 Å². The van der Waals surface area contributed by atoms with Crippen molar-refractivity contribution in [3.8, 4) is 33.4 Å². The molecule has 0 saturated carbocycles. The van der Waals surface area contributed by atoms with E-state index in [2.05, 4.69) is 133 Å². The van der Waals surface area contributed by atoms with Gasteiger partial charge in [-0.25, -0.2) is 0 Å². The molecular formula is C44H26O2. The Balaban J connectivity index is 1.25. The summed E-state index contributed by atoms with van der Waals surface area (Å²) in [5.74, 6) is 0. The Morgan fingerprint density at radius 1 is 0.283 bits per heavy atom. The van der Waals surface area contributed by atoms with Crippen LogP contribution in [0.15, 0.2) is 167 Å². The van der Waals surface area contributed by atoms with Gasteiger partial charge in [0.2, 0.25) is 0 Å². The lowest BCUT2D eigenvalue weighted by Gasteiger charge is -2.15. The predicted molar refractivity (Wildman–Crippen MR) is 192 cm³/mol. The van der Waals surface area contributed by atoms with E-state index in [1.807, 2.05) is 24.3 Å². The maximum absolute atomic E-state index is 6.18. The third kappa shape index (κ3) is 3.84. The molecule has 0 atom stereocenters. The van der Waals surface area contributed by atoms with Gasteiger partial charge < -0.3 is 8.83 Å². The quantitative estimate of drug-likeness (QED) is 0.193. The minimum Gasteiger partial charge on any atom is -0.456 e. The molecule has 8 aromatic carbocycles. The molecule has 0 saturated heterocycles. The fourth-order valence-corrected chi connectivity index (χ4v) is 7.23. The van der Waals surface area contributed by atoms with Crippen molar-refractivity contribution in [3.63, 3.8) is 0 Å². The summed E-state index contributed by atoms with van der Waals surface area (Å²) >= 11 is 0. The topological polar surface area (TPSA) is 26.3 Å². The number of furan rings is 2. The van der Waals surface area contributed by atoms with Crippen molar-refractivity contribution >= 4 is 65.4 Å². The van der Waals surface area contributed by atoms with Crippen LogP contribution in [0.4, 0.5) is 0 Å². The van der Waals surface area contributed by atoms with E-state index >= 15 is 0 Å². The van der Waals surface area contributed by atoms with Crippen LogP contribution in [-0.2, 0) is 0 Å². The number of fused-ring (bicyclic) bond motifs is 9. The third-order valence-electron chi connectivity index (χ3n) is 9.43. The largest absolute Gasteiger partial charge is 0.456 e. The van der Waals surface area contributed by atoms with Crippen LogP contribution in [0.25, 0.3) is 98.8 Å². The van der Waals surface area contributed by atoms with E-state index in [0.29, 0.717) is 0 Å². The number of para-hydroxylation sites is 2. The summed E-state index contributed by atoms with van der Waals surface area (Å²) in [6.07, 6.45) is 0. The average molecular weight is 587 g/mol. The predicted octanol–water partition coefficient (Wildman–Crippen LogP) is 12.8.